The Morgan fingerprint density at radius 3 is 2.36 bits per heavy atom. The zero-order chi connectivity index (χ0) is 10.8. The molecule has 1 atom stereocenters. The van der Waals surface area contributed by atoms with Gasteiger partial charge < -0.3 is 9.84 Å². The van der Waals surface area contributed by atoms with Crippen molar-refractivity contribution in [3.8, 4) is 0 Å². The summed E-state index contributed by atoms with van der Waals surface area (Å²) < 4.78 is 4.54. The highest BCUT2D eigenvalue weighted by atomic mass is 16.5. The maximum atomic E-state index is 10.7. The summed E-state index contributed by atoms with van der Waals surface area (Å²) in [6, 6.07) is 0. The molecule has 0 fully saturated rings. The van der Waals surface area contributed by atoms with Gasteiger partial charge in [0.15, 0.2) is 0 Å². The Kier molecular flexibility index (Phi) is 8.64. The average Bonchev–Trinajstić information content (AvgIpc) is 2.15. The number of ether oxygens (including phenoxy) is 1. The highest BCUT2D eigenvalue weighted by Gasteiger charge is 1.99. The number of carbonyl (C=O) groups excluding carboxylic acids is 1. The molecule has 0 saturated carbocycles. The highest BCUT2D eigenvalue weighted by molar-refractivity contribution is 5.68. The van der Waals surface area contributed by atoms with E-state index in [0.29, 0.717) is 6.42 Å². The summed E-state index contributed by atoms with van der Waals surface area (Å²) in [5.41, 5.74) is 0. The van der Waals surface area contributed by atoms with E-state index in [1.165, 1.54) is 7.11 Å². The summed E-state index contributed by atoms with van der Waals surface area (Å²) in [4.78, 5) is 10.7. The van der Waals surface area contributed by atoms with Crippen LogP contribution in [0.3, 0.4) is 0 Å². The number of methoxy groups -OCH3 is 1. The van der Waals surface area contributed by atoms with E-state index in [4.69, 9.17) is 5.11 Å². The van der Waals surface area contributed by atoms with Crippen molar-refractivity contribution in [2.24, 2.45) is 0 Å². The SMILES string of the molecule is COC(=O)CCCCCCC[C@H](C)O. The molecule has 0 aliphatic rings. The molecule has 0 saturated heterocycles. The Bertz CT molecular complexity index is 143. The first-order valence-corrected chi connectivity index (χ1v) is 5.41. The molecule has 0 unspecified atom stereocenters. The Labute approximate surface area is 86.5 Å². The predicted octanol–water partition coefficient (Wildman–Crippen LogP) is 2.27. The number of aliphatic hydroxyl groups is 1. The molecular weight excluding hydrogens is 180 g/mol. The fourth-order valence-corrected chi connectivity index (χ4v) is 1.34. The monoisotopic (exact) mass is 202 g/mol. The molecule has 0 spiro atoms. The Hall–Kier alpha value is -0.570. The summed E-state index contributed by atoms with van der Waals surface area (Å²) >= 11 is 0. The number of carbonyl (C=O) groups is 1. The fraction of sp³-hybridized carbons (Fsp3) is 0.909. The van der Waals surface area contributed by atoms with E-state index in [0.717, 1.165) is 38.5 Å². The zero-order valence-corrected chi connectivity index (χ0v) is 9.29. The molecule has 0 amide bonds. The van der Waals surface area contributed by atoms with Crippen molar-refractivity contribution in [1.82, 2.24) is 0 Å². The smallest absolute Gasteiger partial charge is 0.305 e. The second-order valence-corrected chi connectivity index (χ2v) is 3.73. The molecular formula is C11H22O3. The van der Waals surface area contributed by atoms with E-state index in [2.05, 4.69) is 4.74 Å². The van der Waals surface area contributed by atoms with E-state index in [1.54, 1.807) is 0 Å². The van der Waals surface area contributed by atoms with Crippen LogP contribution in [0.5, 0.6) is 0 Å². The third-order valence-electron chi connectivity index (χ3n) is 2.23. The second kappa shape index (κ2) is 9.00. The standard InChI is InChI=1S/C11H22O3/c1-10(12)8-6-4-3-5-7-9-11(13)14-2/h10,12H,3-9H2,1-2H3/t10-/m0/s1. The maximum absolute atomic E-state index is 10.7. The van der Waals surface area contributed by atoms with Crippen molar-refractivity contribution in [1.29, 1.82) is 0 Å². The largest absolute Gasteiger partial charge is 0.469 e. The minimum Gasteiger partial charge on any atom is -0.469 e. The molecule has 0 aliphatic heterocycles. The number of unbranched alkanes of at least 4 members (excludes halogenated alkanes) is 4. The third-order valence-corrected chi connectivity index (χ3v) is 2.23. The Morgan fingerprint density at radius 1 is 1.21 bits per heavy atom. The van der Waals surface area contributed by atoms with Crippen LogP contribution in [-0.4, -0.2) is 24.3 Å². The minimum absolute atomic E-state index is 0.117. The van der Waals surface area contributed by atoms with E-state index in [1.807, 2.05) is 6.92 Å². The lowest BCUT2D eigenvalue weighted by Crippen LogP contribution is -2.00. The number of esters is 1. The third kappa shape index (κ3) is 9.52. The van der Waals surface area contributed by atoms with Gasteiger partial charge in [-0.15, -0.1) is 0 Å². The van der Waals surface area contributed by atoms with E-state index in [9.17, 15) is 4.79 Å². The molecule has 3 heteroatoms. The van der Waals surface area contributed by atoms with E-state index >= 15 is 0 Å². The maximum Gasteiger partial charge on any atom is 0.305 e. The first-order chi connectivity index (χ1) is 6.66. The van der Waals surface area contributed by atoms with Gasteiger partial charge in [-0.1, -0.05) is 25.7 Å². The molecule has 1 N–H and O–H groups in total. The van der Waals surface area contributed by atoms with Crippen LogP contribution in [0.15, 0.2) is 0 Å². The zero-order valence-electron chi connectivity index (χ0n) is 9.29. The van der Waals surface area contributed by atoms with Crippen LogP contribution in [0.4, 0.5) is 0 Å². The van der Waals surface area contributed by atoms with Crippen LogP contribution < -0.4 is 0 Å². The van der Waals surface area contributed by atoms with Crippen molar-refractivity contribution in [2.45, 2.75) is 58.0 Å². The van der Waals surface area contributed by atoms with Crippen LogP contribution >= 0.6 is 0 Å². The van der Waals surface area contributed by atoms with Gasteiger partial charge in [0.05, 0.1) is 13.2 Å². The second-order valence-electron chi connectivity index (χ2n) is 3.73. The van der Waals surface area contributed by atoms with Crippen LogP contribution in [0.2, 0.25) is 0 Å². The van der Waals surface area contributed by atoms with Crippen molar-refractivity contribution < 1.29 is 14.6 Å². The van der Waals surface area contributed by atoms with Crippen molar-refractivity contribution in [3.63, 3.8) is 0 Å². The fourth-order valence-electron chi connectivity index (χ4n) is 1.34. The van der Waals surface area contributed by atoms with Gasteiger partial charge in [-0.2, -0.15) is 0 Å². The molecule has 84 valence electrons. The number of hydrogen-bond donors (Lipinski definition) is 1. The van der Waals surface area contributed by atoms with Gasteiger partial charge in [0.25, 0.3) is 0 Å². The molecule has 3 nitrogen and oxygen atoms in total. The summed E-state index contributed by atoms with van der Waals surface area (Å²) in [7, 11) is 1.42. The van der Waals surface area contributed by atoms with Crippen LogP contribution in [-0.2, 0) is 9.53 Å². The average molecular weight is 202 g/mol. The molecule has 0 heterocycles. The molecule has 0 bridgehead atoms. The van der Waals surface area contributed by atoms with Crippen LogP contribution in [0.25, 0.3) is 0 Å². The van der Waals surface area contributed by atoms with Gasteiger partial charge in [-0.25, -0.2) is 0 Å². The number of hydrogen-bond acceptors (Lipinski definition) is 3. The quantitative estimate of drug-likeness (QED) is 0.485. The van der Waals surface area contributed by atoms with Gasteiger partial charge in [0, 0.05) is 6.42 Å². The van der Waals surface area contributed by atoms with Crippen LogP contribution in [0, 0.1) is 0 Å². The number of aliphatic hydroxyl groups excluding tert-OH is 1. The lowest BCUT2D eigenvalue weighted by molar-refractivity contribution is -0.140. The van der Waals surface area contributed by atoms with E-state index < -0.39 is 0 Å². The van der Waals surface area contributed by atoms with Crippen molar-refractivity contribution in [3.05, 3.63) is 0 Å². The Balaban J connectivity index is 3.03. The molecule has 0 radical (unpaired) electrons. The van der Waals surface area contributed by atoms with Crippen molar-refractivity contribution in [2.75, 3.05) is 7.11 Å². The molecule has 0 aromatic heterocycles. The van der Waals surface area contributed by atoms with Crippen LogP contribution in [0.1, 0.15) is 51.9 Å². The van der Waals surface area contributed by atoms with Gasteiger partial charge in [0.2, 0.25) is 0 Å². The first kappa shape index (κ1) is 13.4. The molecule has 0 rings (SSSR count). The summed E-state index contributed by atoms with van der Waals surface area (Å²) in [6.07, 6.45) is 6.61. The minimum atomic E-state index is -0.176. The van der Waals surface area contributed by atoms with Gasteiger partial charge in [-0.3, -0.25) is 4.79 Å². The number of rotatable bonds is 8. The van der Waals surface area contributed by atoms with Gasteiger partial charge in [-0.05, 0) is 19.8 Å². The highest BCUT2D eigenvalue weighted by Crippen LogP contribution is 2.08. The van der Waals surface area contributed by atoms with Gasteiger partial charge >= 0.3 is 5.97 Å². The summed E-state index contributed by atoms with van der Waals surface area (Å²) in [5, 5.41) is 9.00. The van der Waals surface area contributed by atoms with Crippen molar-refractivity contribution >= 4 is 5.97 Å². The summed E-state index contributed by atoms with van der Waals surface area (Å²) in [5.74, 6) is -0.117. The predicted molar refractivity (Wildman–Crippen MR) is 56.0 cm³/mol. The topological polar surface area (TPSA) is 46.5 Å². The Morgan fingerprint density at radius 2 is 1.79 bits per heavy atom. The first-order valence-electron chi connectivity index (χ1n) is 5.41. The summed E-state index contributed by atoms with van der Waals surface area (Å²) in [6.45, 7) is 1.82. The lowest BCUT2D eigenvalue weighted by Gasteiger charge is -2.03. The van der Waals surface area contributed by atoms with E-state index in [-0.39, 0.29) is 12.1 Å². The molecule has 0 aromatic rings. The van der Waals surface area contributed by atoms with Gasteiger partial charge in [0.1, 0.15) is 0 Å². The molecule has 14 heavy (non-hydrogen) atoms. The molecule has 0 aliphatic carbocycles. The normalized spacial score (nSPS) is 12.5. The lowest BCUT2D eigenvalue weighted by atomic mass is 10.1. The molecule has 0 aromatic carbocycles.